The third-order valence-corrected chi connectivity index (χ3v) is 11.4. The maximum absolute atomic E-state index is 7.26. The molecule has 9 rings (SSSR count). The van der Waals surface area contributed by atoms with Crippen LogP contribution in [0, 0.1) is 0 Å². The standard InChI is InChI=1S/C41H32NO4P/c1-27(29-15-5-3-6-16-29)42(28(2)30-17-7-4-8-18-30)47-45-37-25-13-23-35-39(37)41(31-19-9-11-21-33(31)43-35)32-20-10-12-22-34(32)44-36-24-14-26-38(46-47)40(36)41/h3-28H,1-2H3/t27-,28-,41?/m1/s1. The zero-order chi connectivity index (χ0) is 31.5. The Kier molecular flexibility index (Phi) is 6.60. The Labute approximate surface area is 275 Å². The van der Waals surface area contributed by atoms with Crippen molar-refractivity contribution in [2.24, 2.45) is 0 Å². The van der Waals surface area contributed by atoms with E-state index in [2.05, 4.69) is 116 Å². The molecule has 2 atom stereocenters. The Morgan fingerprint density at radius 1 is 0.447 bits per heavy atom. The first-order valence-electron chi connectivity index (χ1n) is 16.0. The summed E-state index contributed by atoms with van der Waals surface area (Å²) in [6.45, 7) is 4.46. The molecule has 0 saturated carbocycles. The lowest BCUT2D eigenvalue weighted by molar-refractivity contribution is 0.243. The number of benzene rings is 6. The van der Waals surface area contributed by atoms with E-state index in [-0.39, 0.29) is 12.1 Å². The second-order valence-corrected chi connectivity index (χ2v) is 13.5. The van der Waals surface area contributed by atoms with Crippen molar-refractivity contribution in [3.63, 3.8) is 0 Å². The highest BCUT2D eigenvalue weighted by Crippen LogP contribution is 2.68. The molecule has 0 aromatic heterocycles. The van der Waals surface area contributed by atoms with Gasteiger partial charge < -0.3 is 18.5 Å². The van der Waals surface area contributed by atoms with Crippen LogP contribution in [-0.2, 0) is 5.41 Å². The number of hydrogen-bond donors (Lipinski definition) is 0. The van der Waals surface area contributed by atoms with E-state index >= 15 is 0 Å². The van der Waals surface area contributed by atoms with Gasteiger partial charge in [-0.05, 0) is 61.4 Å². The summed E-state index contributed by atoms with van der Waals surface area (Å²) in [5.41, 5.74) is 5.52. The van der Waals surface area contributed by atoms with E-state index in [9.17, 15) is 0 Å². The van der Waals surface area contributed by atoms with Gasteiger partial charge in [0.15, 0.2) is 0 Å². The molecule has 5 nitrogen and oxygen atoms in total. The molecule has 6 heteroatoms. The van der Waals surface area contributed by atoms with Crippen molar-refractivity contribution < 1.29 is 18.5 Å². The number of nitrogens with zero attached hydrogens (tertiary/aromatic N) is 1. The minimum atomic E-state index is -1.72. The van der Waals surface area contributed by atoms with E-state index in [0.29, 0.717) is 0 Å². The van der Waals surface area contributed by atoms with Gasteiger partial charge in [0.05, 0.1) is 16.5 Å². The molecule has 47 heavy (non-hydrogen) atoms. The largest absolute Gasteiger partial charge is 0.457 e. The summed E-state index contributed by atoms with van der Waals surface area (Å²) in [6, 6.07) is 49.9. The second-order valence-electron chi connectivity index (χ2n) is 12.2. The fraction of sp³-hybridized carbons (Fsp3) is 0.122. The van der Waals surface area contributed by atoms with Crippen LogP contribution in [0.1, 0.15) is 59.3 Å². The van der Waals surface area contributed by atoms with Crippen molar-refractivity contribution in [2.75, 3.05) is 0 Å². The lowest BCUT2D eigenvalue weighted by atomic mass is 9.62. The van der Waals surface area contributed by atoms with Gasteiger partial charge in [0.1, 0.15) is 34.5 Å². The molecule has 6 aromatic carbocycles. The molecule has 3 heterocycles. The van der Waals surface area contributed by atoms with Crippen LogP contribution in [0.5, 0.6) is 34.5 Å². The van der Waals surface area contributed by atoms with Gasteiger partial charge in [-0.1, -0.05) is 109 Å². The highest BCUT2D eigenvalue weighted by Gasteiger charge is 2.55. The molecule has 0 radical (unpaired) electrons. The van der Waals surface area contributed by atoms with Gasteiger partial charge in [-0.15, -0.1) is 0 Å². The molecule has 0 unspecified atom stereocenters. The van der Waals surface area contributed by atoms with Gasteiger partial charge in [-0.2, -0.15) is 0 Å². The fourth-order valence-corrected chi connectivity index (χ4v) is 9.23. The molecule has 0 amide bonds. The first kappa shape index (κ1) is 28.2. The molecule has 6 aromatic rings. The Morgan fingerprint density at radius 2 is 0.830 bits per heavy atom. The van der Waals surface area contributed by atoms with Crippen molar-refractivity contribution in [3.05, 3.63) is 179 Å². The van der Waals surface area contributed by atoms with Gasteiger partial charge >= 0.3 is 8.53 Å². The molecular weight excluding hydrogens is 601 g/mol. The average Bonchev–Trinajstić information content (AvgIpc) is 3.11. The zero-order valence-corrected chi connectivity index (χ0v) is 26.9. The van der Waals surface area contributed by atoms with Crippen LogP contribution in [0.2, 0.25) is 0 Å². The van der Waals surface area contributed by atoms with E-state index in [0.717, 1.165) is 56.8 Å². The predicted molar refractivity (Wildman–Crippen MR) is 185 cm³/mol. The minimum Gasteiger partial charge on any atom is -0.457 e. The van der Waals surface area contributed by atoms with E-state index in [1.807, 2.05) is 48.5 Å². The van der Waals surface area contributed by atoms with Gasteiger partial charge in [0.25, 0.3) is 0 Å². The highest BCUT2D eigenvalue weighted by atomic mass is 31.2. The van der Waals surface area contributed by atoms with Crippen LogP contribution < -0.4 is 18.5 Å². The Bertz CT molecular complexity index is 1970. The van der Waals surface area contributed by atoms with Crippen LogP contribution in [0.3, 0.4) is 0 Å². The molecule has 0 aliphatic carbocycles. The van der Waals surface area contributed by atoms with Crippen molar-refractivity contribution in [2.45, 2.75) is 31.3 Å². The lowest BCUT2D eigenvalue weighted by Crippen LogP contribution is -2.39. The average molecular weight is 634 g/mol. The number of ether oxygens (including phenoxy) is 2. The van der Waals surface area contributed by atoms with Crippen molar-refractivity contribution in [1.29, 1.82) is 0 Å². The Hall–Kier alpha value is -5.09. The van der Waals surface area contributed by atoms with E-state index < -0.39 is 13.9 Å². The fourth-order valence-electron chi connectivity index (χ4n) is 7.53. The third-order valence-electron chi connectivity index (χ3n) is 9.65. The summed E-state index contributed by atoms with van der Waals surface area (Å²) in [6.07, 6.45) is 0. The molecular formula is C41H32NO4P. The quantitative estimate of drug-likeness (QED) is 0.176. The molecule has 0 saturated heterocycles. The van der Waals surface area contributed by atoms with Gasteiger partial charge in [-0.3, -0.25) is 0 Å². The maximum Gasteiger partial charge on any atom is 0.385 e. The summed E-state index contributed by atoms with van der Waals surface area (Å²) in [7, 11) is -1.72. The summed E-state index contributed by atoms with van der Waals surface area (Å²) in [4.78, 5) is 0. The summed E-state index contributed by atoms with van der Waals surface area (Å²) in [5, 5.41) is 0. The van der Waals surface area contributed by atoms with Crippen LogP contribution >= 0.6 is 8.53 Å². The summed E-state index contributed by atoms with van der Waals surface area (Å²) >= 11 is 0. The minimum absolute atomic E-state index is 0.0327. The highest BCUT2D eigenvalue weighted by molar-refractivity contribution is 7.45. The van der Waals surface area contributed by atoms with Gasteiger partial charge in [-0.25, -0.2) is 4.67 Å². The number of rotatable bonds is 5. The summed E-state index contributed by atoms with van der Waals surface area (Å²) < 4.78 is 30.3. The molecule has 230 valence electrons. The van der Waals surface area contributed by atoms with Gasteiger partial charge in [0, 0.05) is 23.2 Å². The SMILES string of the molecule is C[C@H](c1ccccc1)N([C@H](C)c1ccccc1)P1Oc2cccc3c2C2(c4ccccc4O3)c3ccccc3Oc3cccc(c32)O1. The lowest BCUT2D eigenvalue weighted by Gasteiger charge is -2.48. The van der Waals surface area contributed by atoms with Crippen molar-refractivity contribution in [1.82, 2.24) is 4.67 Å². The van der Waals surface area contributed by atoms with Gasteiger partial charge in [0.2, 0.25) is 0 Å². The topological polar surface area (TPSA) is 40.2 Å². The number of fused-ring (bicyclic) bond motifs is 2. The Balaban J connectivity index is 1.32. The van der Waals surface area contributed by atoms with Crippen LogP contribution in [0.15, 0.2) is 146 Å². The molecule has 0 N–H and O–H groups in total. The number of para-hydroxylation sites is 2. The first-order chi connectivity index (χ1) is 23.1. The first-order valence-corrected chi connectivity index (χ1v) is 17.1. The van der Waals surface area contributed by atoms with Crippen LogP contribution in [-0.4, -0.2) is 4.67 Å². The smallest absolute Gasteiger partial charge is 0.385 e. The monoisotopic (exact) mass is 633 g/mol. The van der Waals surface area contributed by atoms with Crippen LogP contribution in [0.25, 0.3) is 0 Å². The molecule has 0 fully saturated rings. The van der Waals surface area contributed by atoms with Crippen LogP contribution in [0.4, 0.5) is 0 Å². The third kappa shape index (κ3) is 4.24. The van der Waals surface area contributed by atoms with E-state index in [4.69, 9.17) is 18.5 Å². The van der Waals surface area contributed by atoms with E-state index in [1.54, 1.807) is 0 Å². The maximum atomic E-state index is 7.26. The predicted octanol–water partition coefficient (Wildman–Crippen LogP) is 11.1. The second kappa shape index (κ2) is 11.0. The molecule has 1 spiro atoms. The van der Waals surface area contributed by atoms with Crippen molar-refractivity contribution >= 4 is 8.53 Å². The normalized spacial score (nSPS) is 16.2. The summed E-state index contributed by atoms with van der Waals surface area (Å²) in [5.74, 6) is 4.57. The zero-order valence-electron chi connectivity index (χ0n) is 26.0. The molecule has 3 aliphatic heterocycles. The number of hydrogen-bond acceptors (Lipinski definition) is 5. The molecule has 0 bridgehead atoms. The van der Waals surface area contributed by atoms with E-state index in [1.165, 1.54) is 11.1 Å². The Morgan fingerprint density at radius 3 is 1.30 bits per heavy atom. The van der Waals surface area contributed by atoms with Crippen molar-refractivity contribution in [3.8, 4) is 34.5 Å². The molecule has 3 aliphatic rings.